The molecule has 1 aliphatic rings. The number of nitrogens with one attached hydrogen (secondary N) is 2. The standard InChI is InChI=1S/C16H18N2O5/c1-22-14(19)9-13(16(21)23-2)17-11-5-7-12(8-6-11)18-15(20)10-3-4-10/h5-10,17H,3-4H2,1-2H3,(H,18,20)/b13-9+. The van der Waals surface area contributed by atoms with E-state index in [2.05, 4.69) is 20.1 Å². The predicted octanol–water partition coefficient (Wildman–Crippen LogP) is 1.68. The van der Waals surface area contributed by atoms with Gasteiger partial charge < -0.3 is 20.1 Å². The van der Waals surface area contributed by atoms with Gasteiger partial charge in [-0.15, -0.1) is 0 Å². The number of amides is 1. The topological polar surface area (TPSA) is 93.7 Å². The Hall–Kier alpha value is -2.83. The maximum absolute atomic E-state index is 11.7. The molecule has 1 aliphatic carbocycles. The van der Waals surface area contributed by atoms with Crippen molar-refractivity contribution in [1.29, 1.82) is 0 Å². The van der Waals surface area contributed by atoms with Crippen LogP contribution in [0.5, 0.6) is 0 Å². The number of rotatable bonds is 6. The summed E-state index contributed by atoms with van der Waals surface area (Å²) < 4.78 is 9.10. The van der Waals surface area contributed by atoms with Crippen molar-refractivity contribution in [1.82, 2.24) is 0 Å². The zero-order valence-corrected chi connectivity index (χ0v) is 12.9. The van der Waals surface area contributed by atoms with Gasteiger partial charge in [0.05, 0.1) is 20.3 Å². The van der Waals surface area contributed by atoms with E-state index in [0.29, 0.717) is 11.4 Å². The van der Waals surface area contributed by atoms with Crippen LogP contribution in [0.2, 0.25) is 0 Å². The fraction of sp³-hybridized carbons (Fsp3) is 0.312. The molecule has 0 aliphatic heterocycles. The van der Waals surface area contributed by atoms with E-state index in [0.717, 1.165) is 18.9 Å². The van der Waals surface area contributed by atoms with Gasteiger partial charge in [-0.2, -0.15) is 0 Å². The number of ether oxygens (including phenoxy) is 2. The molecule has 0 aromatic heterocycles. The number of hydrogen-bond donors (Lipinski definition) is 2. The lowest BCUT2D eigenvalue weighted by atomic mass is 10.2. The van der Waals surface area contributed by atoms with Crippen LogP contribution in [0.1, 0.15) is 12.8 Å². The number of methoxy groups -OCH3 is 2. The van der Waals surface area contributed by atoms with Crippen LogP contribution in [0.15, 0.2) is 36.0 Å². The molecule has 7 nitrogen and oxygen atoms in total. The van der Waals surface area contributed by atoms with Crippen LogP contribution in [-0.2, 0) is 23.9 Å². The minimum Gasteiger partial charge on any atom is -0.466 e. The maximum Gasteiger partial charge on any atom is 0.354 e. The van der Waals surface area contributed by atoms with Gasteiger partial charge in [-0.25, -0.2) is 9.59 Å². The van der Waals surface area contributed by atoms with Crippen molar-refractivity contribution in [2.24, 2.45) is 5.92 Å². The Balaban J connectivity index is 2.04. The van der Waals surface area contributed by atoms with Crippen LogP contribution >= 0.6 is 0 Å². The molecule has 7 heteroatoms. The van der Waals surface area contributed by atoms with E-state index >= 15 is 0 Å². The third-order valence-electron chi connectivity index (χ3n) is 3.25. The molecule has 0 unspecified atom stereocenters. The molecule has 1 aromatic carbocycles. The monoisotopic (exact) mass is 318 g/mol. The molecule has 1 fully saturated rings. The van der Waals surface area contributed by atoms with Crippen molar-refractivity contribution in [3.05, 3.63) is 36.0 Å². The average Bonchev–Trinajstić information content (AvgIpc) is 3.40. The van der Waals surface area contributed by atoms with Crippen molar-refractivity contribution in [3.8, 4) is 0 Å². The minimum atomic E-state index is -0.693. The molecule has 1 saturated carbocycles. The second kappa shape index (κ2) is 7.44. The van der Waals surface area contributed by atoms with E-state index in [1.807, 2.05) is 0 Å². The number of anilines is 2. The summed E-state index contributed by atoms with van der Waals surface area (Å²) in [6.07, 6.45) is 2.88. The molecule has 0 bridgehead atoms. The smallest absolute Gasteiger partial charge is 0.354 e. The molecular weight excluding hydrogens is 300 g/mol. The summed E-state index contributed by atoms with van der Waals surface area (Å²) in [5.41, 5.74) is 1.19. The summed E-state index contributed by atoms with van der Waals surface area (Å²) in [6.45, 7) is 0. The van der Waals surface area contributed by atoms with Crippen LogP contribution < -0.4 is 10.6 Å². The molecule has 23 heavy (non-hydrogen) atoms. The van der Waals surface area contributed by atoms with Gasteiger partial charge in [-0.1, -0.05) is 0 Å². The maximum atomic E-state index is 11.7. The van der Waals surface area contributed by atoms with E-state index < -0.39 is 11.9 Å². The highest BCUT2D eigenvalue weighted by Crippen LogP contribution is 2.30. The quantitative estimate of drug-likeness (QED) is 0.612. The van der Waals surface area contributed by atoms with E-state index in [-0.39, 0.29) is 17.5 Å². The van der Waals surface area contributed by atoms with Crippen LogP contribution in [0.3, 0.4) is 0 Å². The van der Waals surface area contributed by atoms with Crippen molar-refractivity contribution in [2.75, 3.05) is 24.9 Å². The largest absolute Gasteiger partial charge is 0.466 e. The first kappa shape index (κ1) is 16.5. The van der Waals surface area contributed by atoms with Crippen LogP contribution in [-0.4, -0.2) is 32.1 Å². The second-order valence-corrected chi connectivity index (χ2v) is 5.04. The highest BCUT2D eigenvalue weighted by Gasteiger charge is 2.29. The lowest BCUT2D eigenvalue weighted by Crippen LogP contribution is -2.16. The third kappa shape index (κ3) is 4.84. The van der Waals surface area contributed by atoms with E-state index in [4.69, 9.17) is 0 Å². The number of hydrogen-bond acceptors (Lipinski definition) is 6. The first-order chi connectivity index (χ1) is 11.0. The molecule has 0 spiro atoms. The summed E-state index contributed by atoms with van der Waals surface area (Å²) in [7, 11) is 2.43. The Bertz CT molecular complexity index is 632. The van der Waals surface area contributed by atoms with E-state index in [9.17, 15) is 14.4 Å². The van der Waals surface area contributed by atoms with Gasteiger partial charge in [-0.05, 0) is 37.1 Å². The first-order valence-corrected chi connectivity index (χ1v) is 7.09. The molecule has 2 N–H and O–H groups in total. The fourth-order valence-corrected chi connectivity index (χ4v) is 1.82. The highest BCUT2D eigenvalue weighted by molar-refractivity contribution is 5.99. The Kier molecular flexibility index (Phi) is 5.35. The van der Waals surface area contributed by atoms with Crippen LogP contribution in [0, 0.1) is 5.92 Å². The Labute approximate surface area is 133 Å². The van der Waals surface area contributed by atoms with Gasteiger partial charge in [-0.3, -0.25) is 4.79 Å². The molecule has 2 rings (SSSR count). The molecular formula is C16H18N2O5. The zero-order valence-electron chi connectivity index (χ0n) is 12.9. The predicted molar refractivity (Wildman–Crippen MR) is 83.5 cm³/mol. The molecule has 122 valence electrons. The van der Waals surface area contributed by atoms with Crippen LogP contribution in [0.25, 0.3) is 0 Å². The van der Waals surface area contributed by atoms with Crippen molar-refractivity contribution in [2.45, 2.75) is 12.8 Å². The minimum absolute atomic E-state index is 0.0200. The lowest BCUT2D eigenvalue weighted by molar-refractivity contribution is -0.138. The first-order valence-electron chi connectivity index (χ1n) is 7.09. The molecule has 0 heterocycles. The van der Waals surface area contributed by atoms with Gasteiger partial charge in [0, 0.05) is 17.3 Å². The molecule has 0 radical (unpaired) electrons. The lowest BCUT2D eigenvalue weighted by Gasteiger charge is -2.10. The van der Waals surface area contributed by atoms with Gasteiger partial charge >= 0.3 is 11.9 Å². The summed E-state index contributed by atoms with van der Waals surface area (Å²) in [5, 5.41) is 5.60. The second-order valence-electron chi connectivity index (χ2n) is 5.04. The highest BCUT2D eigenvalue weighted by atomic mass is 16.5. The van der Waals surface area contributed by atoms with E-state index in [1.54, 1.807) is 24.3 Å². The summed E-state index contributed by atoms with van der Waals surface area (Å²) in [6, 6.07) is 6.76. The van der Waals surface area contributed by atoms with Gasteiger partial charge in [0.2, 0.25) is 5.91 Å². The summed E-state index contributed by atoms with van der Waals surface area (Å²) >= 11 is 0. The number of esters is 2. The fourth-order valence-electron chi connectivity index (χ4n) is 1.82. The van der Waals surface area contributed by atoms with E-state index in [1.165, 1.54) is 14.2 Å². The molecule has 1 amide bonds. The molecule has 0 atom stereocenters. The normalized spacial score (nSPS) is 13.9. The number of carbonyl (C=O) groups is 3. The SMILES string of the molecule is COC(=O)/C=C(/Nc1ccc(NC(=O)C2CC2)cc1)C(=O)OC. The van der Waals surface area contributed by atoms with Crippen molar-refractivity contribution < 1.29 is 23.9 Å². The Morgan fingerprint density at radius 3 is 2.04 bits per heavy atom. The number of carbonyl (C=O) groups excluding carboxylic acids is 3. The van der Waals surface area contributed by atoms with Crippen LogP contribution in [0.4, 0.5) is 11.4 Å². The zero-order chi connectivity index (χ0) is 16.8. The van der Waals surface area contributed by atoms with Crippen molar-refractivity contribution in [3.63, 3.8) is 0 Å². The van der Waals surface area contributed by atoms with Gasteiger partial charge in [0.15, 0.2) is 0 Å². The van der Waals surface area contributed by atoms with Gasteiger partial charge in [0.1, 0.15) is 5.70 Å². The molecule has 1 aromatic rings. The molecule has 0 saturated heterocycles. The number of benzene rings is 1. The third-order valence-corrected chi connectivity index (χ3v) is 3.25. The Morgan fingerprint density at radius 2 is 1.57 bits per heavy atom. The van der Waals surface area contributed by atoms with Gasteiger partial charge in [0.25, 0.3) is 0 Å². The van der Waals surface area contributed by atoms with Crippen molar-refractivity contribution >= 4 is 29.2 Å². The summed E-state index contributed by atoms with van der Waals surface area (Å²) in [4.78, 5) is 34.6. The average molecular weight is 318 g/mol. The summed E-state index contributed by atoms with van der Waals surface area (Å²) in [5.74, 6) is -1.22. The Morgan fingerprint density at radius 1 is 1.00 bits per heavy atom.